The highest BCUT2D eigenvalue weighted by Crippen LogP contribution is 2.37. The normalized spacial score (nSPS) is 41.2. The fourth-order valence-electron chi connectivity index (χ4n) is 2.31. The van der Waals surface area contributed by atoms with Crippen LogP contribution in [0.4, 0.5) is 4.79 Å². The highest BCUT2D eigenvalue weighted by Gasteiger charge is 2.56. The van der Waals surface area contributed by atoms with Crippen molar-refractivity contribution in [2.24, 2.45) is 0 Å². The molecule has 0 aromatic heterocycles. The Bertz CT molecular complexity index is 335. The van der Waals surface area contributed by atoms with E-state index in [0.29, 0.717) is 26.1 Å². The number of epoxide rings is 2. The molecule has 3 saturated heterocycles. The fourth-order valence-corrected chi connectivity index (χ4v) is 2.31. The van der Waals surface area contributed by atoms with Crippen LogP contribution < -0.4 is 5.32 Å². The minimum absolute atomic E-state index is 0.109. The summed E-state index contributed by atoms with van der Waals surface area (Å²) in [7, 11) is 1.66. The molecule has 16 heavy (non-hydrogen) atoms. The lowest BCUT2D eigenvalue weighted by atomic mass is 9.87. The summed E-state index contributed by atoms with van der Waals surface area (Å²) in [4.78, 5) is 25.0. The van der Waals surface area contributed by atoms with E-state index in [1.54, 1.807) is 7.05 Å². The molecule has 3 aliphatic heterocycles. The van der Waals surface area contributed by atoms with Crippen LogP contribution in [-0.4, -0.2) is 54.8 Å². The standard InChI is InChI=1S/C10H14N2O4/c1-12-9(14)11-8(13)10(12,2-6-4-15-6)3-7-5-16-7/h6-7H,2-5H2,1H3,(H,11,13,14). The molecule has 3 rings (SSSR count). The second-order valence-corrected chi connectivity index (χ2v) is 4.67. The molecule has 0 aliphatic carbocycles. The summed E-state index contributed by atoms with van der Waals surface area (Å²) in [6.07, 6.45) is 1.36. The molecule has 1 N–H and O–H groups in total. The zero-order valence-electron chi connectivity index (χ0n) is 9.06. The summed E-state index contributed by atoms with van der Waals surface area (Å²) in [6.45, 7) is 1.37. The molecule has 3 amide bonds. The van der Waals surface area contributed by atoms with Crippen LogP contribution in [0.5, 0.6) is 0 Å². The first-order valence-electron chi connectivity index (χ1n) is 5.44. The average Bonchev–Trinajstić information content (AvgIpc) is 3.08. The van der Waals surface area contributed by atoms with E-state index in [4.69, 9.17) is 9.47 Å². The maximum atomic E-state index is 12.0. The van der Waals surface area contributed by atoms with Crippen molar-refractivity contribution in [1.82, 2.24) is 10.2 Å². The van der Waals surface area contributed by atoms with Gasteiger partial charge in [0.25, 0.3) is 5.91 Å². The third-order valence-corrected chi connectivity index (χ3v) is 3.53. The van der Waals surface area contributed by atoms with Crippen LogP contribution in [0, 0.1) is 0 Å². The minimum Gasteiger partial charge on any atom is -0.373 e. The van der Waals surface area contributed by atoms with Crippen molar-refractivity contribution in [2.75, 3.05) is 20.3 Å². The summed E-state index contributed by atoms with van der Waals surface area (Å²) in [5, 5.41) is 2.36. The van der Waals surface area contributed by atoms with Gasteiger partial charge in [-0.05, 0) is 0 Å². The van der Waals surface area contributed by atoms with Crippen LogP contribution in [0.3, 0.4) is 0 Å². The first kappa shape index (κ1) is 10.0. The molecule has 0 spiro atoms. The van der Waals surface area contributed by atoms with Crippen LogP contribution in [0.15, 0.2) is 0 Å². The monoisotopic (exact) mass is 226 g/mol. The van der Waals surface area contributed by atoms with Crippen LogP contribution >= 0.6 is 0 Å². The Kier molecular flexibility index (Phi) is 1.99. The van der Waals surface area contributed by atoms with E-state index in [1.165, 1.54) is 4.90 Å². The molecule has 0 aromatic rings. The molecule has 88 valence electrons. The van der Waals surface area contributed by atoms with E-state index in [9.17, 15) is 9.59 Å². The van der Waals surface area contributed by atoms with Crippen molar-refractivity contribution in [1.29, 1.82) is 0 Å². The molecule has 2 atom stereocenters. The summed E-state index contributed by atoms with van der Waals surface area (Å²) >= 11 is 0. The number of likely N-dealkylation sites (N-methyl/N-ethyl adjacent to an activating group) is 1. The van der Waals surface area contributed by atoms with Gasteiger partial charge in [-0.3, -0.25) is 10.1 Å². The van der Waals surface area contributed by atoms with Gasteiger partial charge in [0.1, 0.15) is 5.54 Å². The number of ether oxygens (including phenoxy) is 2. The second kappa shape index (κ2) is 3.18. The maximum absolute atomic E-state index is 12.0. The zero-order valence-corrected chi connectivity index (χ0v) is 9.06. The lowest BCUT2D eigenvalue weighted by Gasteiger charge is -2.31. The van der Waals surface area contributed by atoms with Crippen molar-refractivity contribution in [2.45, 2.75) is 30.6 Å². The molecular weight excluding hydrogens is 212 g/mol. The largest absolute Gasteiger partial charge is 0.373 e. The Labute approximate surface area is 92.9 Å². The number of hydrogen-bond donors (Lipinski definition) is 1. The van der Waals surface area contributed by atoms with Crippen molar-refractivity contribution < 1.29 is 19.1 Å². The van der Waals surface area contributed by atoms with Gasteiger partial charge in [0.15, 0.2) is 0 Å². The van der Waals surface area contributed by atoms with Gasteiger partial charge in [-0.15, -0.1) is 0 Å². The number of imide groups is 1. The minimum atomic E-state index is -0.764. The van der Waals surface area contributed by atoms with Crippen LogP contribution in [-0.2, 0) is 14.3 Å². The van der Waals surface area contributed by atoms with E-state index >= 15 is 0 Å². The zero-order chi connectivity index (χ0) is 11.3. The molecule has 0 radical (unpaired) electrons. The van der Waals surface area contributed by atoms with Crippen LogP contribution in [0.25, 0.3) is 0 Å². The lowest BCUT2D eigenvalue weighted by Crippen LogP contribution is -2.50. The predicted molar refractivity (Wildman–Crippen MR) is 52.7 cm³/mol. The van der Waals surface area contributed by atoms with E-state index in [2.05, 4.69) is 5.32 Å². The van der Waals surface area contributed by atoms with Gasteiger partial charge in [-0.2, -0.15) is 0 Å². The summed E-state index contributed by atoms with van der Waals surface area (Å²) in [5.74, 6) is -0.217. The Morgan fingerprint density at radius 1 is 1.31 bits per heavy atom. The number of urea groups is 1. The number of carbonyl (C=O) groups excluding carboxylic acids is 2. The molecule has 0 bridgehead atoms. The summed E-state index contributed by atoms with van der Waals surface area (Å²) in [6, 6.07) is -0.327. The number of rotatable bonds is 4. The molecular formula is C10H14N2O4. The Morgan fingerprint density at radius 3 is 2.12 bits per heavy atom. The quantitative estimate of drug-likeness (QED) is 0.517. The highest BCUT2D eigenvalue weighted by atomic mass is 16.6. The lowest BCUT2D eigenvalue weighted by molar-refractivity contribution is -0.127. The highest BCUT2D eigenvalue weighted by molar-refractivity contribution is 6.07. The maximum Gasteiger partial charge on any atom is 0.324 e. The smallest absolute Gasteiger partial charge is 0.324 e. The second-order valence-electron chi connectivity index (χ2n) is 4.67. The Balaban J connectivity index is 1.85. The van der Waals surface area contributed by atoms with Gasteiger partial charge in [-0.1, -0.05) is 0 Å². The van der Waals surface area contributed by atoms with E-state index in [-0.39, 0.29) is 24.1 Å². The van der Waals surface area contributed by atoms with E-state index in [1.807, 2.05) is 0 Å². The van der Waals surface area contributed by atoms with Crippen molar-refractivity contribution >= 4 is 11.9 Å². The van der Waals surface area contributed by atoms with Gasteiger partial charge >= 0.3 is 6.03 Å². The molecule has 2 unspecified atom stereocenters. The van der Waals surface area contributed by atoms with Crippen molar-refractivity contribution in [3.05, 3.63) is 0 Å². The molecule has 0 aromatic carbocycles. The predicted octanol–water partition coefficient (Wildman–Crippen LogP) is -0.515. The van der Waals surface area contributed by atoms with Crippen molar-refractivity contribution in [3.8, 4) is 0 Å². The SMILES string of the molecule is CN1C(=O)NC(=O)C1(CC1CO1)CC1CO1. The van der Waals surface area contributed by atoms with Crippen LogP contribution in [0.2, 0.25) is 0 Å². The Hall–Kier alpha value is -1.14. The van der Waals surface area contributed by atoms with Gasteiger partial charge in [0.05, 0.1) is 25.4 Å². The van der Waals surface area contributed by atoms with E-state index in [0.717, 1.165) is 0 Å². The first-order chi connectivity index (χ1) is 7.62. The summed E-state index contributed by atoms with van der Waals surface area (Å²) in [5.41, 5.74) is -0.764. The number of hydrogen-bond acceptors (Lipinski definition) is 4. The number of amides is 3. The molecule has 3 fully saturated rings. The molecule has 6 nitrogen and oxygen atoms in total. The molecule has 3 aliphatic rings. The average molecular weight is 226 g/mol. The molecule has 0 saturated carbocycles. The Morgan fingerprint density at radius 2 is 1.81 bits per heavy atom. The number of nitrogens with zero attached hydrogens (tertiary/aromatic N) is 1. The molecule has 3 heterocycles. The third-order valence-electron chi connectivity index (χ3n) is 3.53. The third kappa shape index (κ3) is 1.49. The topological polar surface area (TPSA) is 74.5 Å². The van der Waals surface area contributed by atoms with Crippen LogP contribution in [0.1, 0.15) is 12.8 Å². The van der Waals surface area contributed by atoms with Gasteiger partial charge < -0.3 is 14.4 Å². The molecule has 6 heteroatoms. The first-order valence-corrected chi connectivity index (χ1v) is 5.44. The van der Waals surface area contributed by atoms with Gasteiger partial charge in [-0.25, -0.2) is 4.79 Å². The fraction of sp³-hybridized carbons (Fsp3) is 0.800. The van der Waals surface area contributed by atoms with E-state index < -0.39 is 5.54 Å². The number of nitrogens with one attached hydrogen (secondary N) is 1. The van der Waals surface area contributed by atoms with Gasteiger partial charge in [0.2, 0.25) is 0 Å². The van der Waals surface area contributed by atoms with Crippen molar-refractivity contribution in [3.63, 3.8) is 0 Å². The summed E-state index contributed by atoms with van der Waals surface area (Å²) < 4.78 is 10.3. The van der Waals surface area contributed by atoms with Gasteiger partial charge in [0, 0.05) is 19.9 Å². The number of carbonyl (C=O) groups is 2.